The number of hydrogen-bond donors (Lipinski definition) is 2. The summed E-state index contributed by atoms with van der Waals surface area (Å²) in [4.78, 5) is 35.9. The van der Waals surface area contributed by atoms with E-state index in [-0.39, 0.29) is 35.0 Å². The van der Waals surface area contributed by atoms with E-state index in [4.69, 9.17) is 0 Å². The van der Waals surface area contributed by atoms with Crippen molar-refractivity contribution in [2.24, 2.45) is 10.2 Å². The van der Waals surface area contributed by atoms with Crippen molar-refractivity contribution in [2.75, 3.05) is 5.32 Å². The Morgan fingerprint density at radius 3 is 2.57 bits per heavy atom. The fourth-order valence-corrected chi connectivity index (χ4v) is 3.57. The van der Waals surface area contributed by atoms with Gasteiger partial charge in [-0.2, -0.15) is 5.10 Å². The van der Waals surface area contributed by atoms with Crippen LogP contribution in [0.5, 0.6) is 0 Å². The number of carbonyl (C=O) groups is 3. The summed E-state index contributed by atoms with van der Waals surface area (Å²) >= 11 is 1.11. The number of anilines is 1. The van der Waals surface area contributed by atoms with Gasteiger partial charge in [0.25, 0.3) is 0 Å². The average molecular weight is 426 g/mol. The van der Waals surface area contributed by atoms with E-state index < -0.39 is 5.25 Å². The molecule has 1 atom stereocenters. The second-order valence-corrected chi connectivity index (χ2v) is 7.77. The Bertz CT molecular complexity index is 1050. The Hall–Kier alpha value is -3.33. The molecule has 1 aliphatic rings. The summed E-state index contributed by atoms with van der Waals surface area (Å²) in [5.41, 5.74) is 2.25. The lowest BCUT2D eigenvalue weighted by atomic mass is 10.1. The molecule has 2 amide bonds. The minimum atomic E-state index is -0.638. The van der Waals surface area contributed by atoms with Gasteiger partial charge in [0, 0.05) is 17.7 Å². The largest absolute Gasteiger partial charge is 0.326 e. The van der Waals surface area contributed by atoms with Gasteiger partial charge in [0.05, 0.1) is 5.71 Å². The van der Waals surface area contributed by atoms with E-state index in [2.05, 4.69) is 20.8 Å². The first-order valence-corrected chi connectivity index (χ1v) is 9.96. The molecule has 1 fully saturated rings. The standard InChI is InChI=1S/C21H19FN4O3S/c1-12(14-6-8-16(22)9-7-14)25-26-21-24-20(29)18(30-21)11-19(28)23-17-5-3-4-15(10-17)13(2)27/h3-10,18H,11H2,1-2H3,(H,23,28)(H,24,26,29)/b25-12-/t18-/m0/s1. The third kappa shape index (κ3) is 5.60. The average Bonchev–Trinajstić information content (AvgIpc) is 3.06. The van der Waals surface area contributed by atoms with Crippen LogP contribution in [0.3, 0.4) is 0 Å². The van der Waals surface area contributed by atoms with Crippen LogP contribution in [0.15, 0.2) is 58.7 Å². The predicted octanol–water partition coefficient (Wildman–Crippen LogP) is 3.37. The van der Waals surface area contributed by atoms with Gasteiger partial charge in [0.1, 0.15) is 11.1 Å². The van der Waals surface area contributed by atoms with Crippen LogP contribution < -0.4 is 10.6 Å². The van der Waals surface area contributed by atoms with Gasteiger partial charge in [-0.05, 0) is 43.7 Å². The lowest BCUT2D eigenvalue weighted by Crippen LogP contribution is -2.28. The lowest BCUT2D eigenvalue weighted by molar-refractivity contribution is -0.122. The van der Waals surface area contributed by atoms with Gasteiger partial charge in [-0.1, -0.05) is 36.0 Å². The van der Waals surface area contributed by atoms with E-state index in [1.165, 1.54) is 19.1 Å². The maximum atomic E-state index is 13.0. The molecule has 30 heavy (non-hydrogen) atoms. The predicted molar refractivity (Wildman–Crippen MR) is 115 cm³/mol. The smallest absolute Gasteiger partial charge is 0.240 e. The molecule has 0 aliphatic carbocycles. The first kappa shape index (κ1) is 21.4. The minimum Gasteiger partial charge on any atom is -0.326 e. The van der Waals surface area contributed by atoms with Crippen molar-refractivity contribution in [3.8, 4) is 0 Å². The first-order valence-electron chi connectivity index (χ1n) is 9.08. The Morgan fingerprint density at radius 2 is 1.87 bits per heavy atom. The third-order valence-corrected chi connectivity index (χ3v) is 5.33. The van der Waals surface area contributed by atoms with Crippen molar-refractivity contribution in [2.45, 2.75) is 25.5 Å². The maximum Gasteiger partial charge on any atom is 0.240 e. The van der Waals surface area contributed by atoms with E-state index >= 15 is 0 Å². The summed E-state index contributed by atoms with van der Waals surface area (Å²) in [6, 6.07) is 12.4. The summed E-state index contributed by atoms with van der Waals surface area (Å²) in [6.45, 7) is 3.17. The molecule has 0 bridgehead atoms. The molecule has 3 rings (SSSR count). The van der Waals surface area contributed by atoms with E-state index in [0.29, 0.717) is 22.5 Å². The molecular formula is C21H19FN4O3S. The number of Topliss-reactive ketones (excluding diaryl/α,β-unsaturated/α-hetero) is 1. The van der Waals surface area contributed by atoms with Crippen LogP contribution in [-0.2, 0) is 9.59 Å². The molecule has 7 nitrogen and oxygen atoms in total. The minimum absolute atomic E-state index is 0.0551. The molecule has 0 aromatic heterocycles. The molecule has 2 aromatic rings. The SMILES string of the molecule is CC(=O)c1cccc(NC(=O)C[C@@H]2S/C(=N/N=C(/C)c3ccc(F)cc3)NC2=O)c1. The van der Waals surface area contributed by atoms with Gasteiger partial charge in [-0.25, -0.2) is 4.39 Å². The number of carbonyl (C=O) groups excluding carboxylic acids is 3. The number of amidine groups is 1. The zero-order valence-corrected chi connectivity index (χ0v) is 17.1. The van der Waals surface area contributed by atoms with Gasteiger partial charge in [0.2, 0.25) is 11.8 Å². The second kappa shape index (κ2) is 9.45. The second-order valence-electron chi connectivity index (χ2n) is 6.58. The topological polar surface area (TPSA) is 100.0 Å². The molecule has 1 saturated heterocycles. The van der Waals surface area contributed by atoms with Crippen LogP contribution in [0.4, 0.5) is 10.1 Å². The number of amides is 2. The normalized spacial score (nSPS) is 17.7. The highest BCUT2D eigenvalue weighted by molar-refractivity contribution is 8.15. The molecule has 0 spiro atoms. The van der Waals surface area contributed by atoms with Crippen molar-refractivity contribution >= 4 is 45.9 Å². The van der Waals surface area contributed by atoms with Gasteiger partial charge in [0.15, 0.2) is 11.0 Å². The molecule has 154 valence electrons. The van der Waals surface area contributed by atoms with Gasteiger partial charge in [-0.3, -0.25) is 14.4 Å². The molecule has 0 radical (unpaired) electrons. The van der Waals surface area contributed by atoms with Crippen LogP contribution in [-0.4, -0.2) is 33.7 Å². The highest BCUT2D eigenvalue weighted by Gasteiger charge is 2.32. The zero-order chi connectivity index (χ0) is 21.7. The number of hydrogen-bond acceptors (Lipinski definition) is 6. The van der Waals surface area contributed by atoms with Crippen molar-refractivity contribution in [3.05, 3.63) is 65.5 Å². The third-order valence-electron chi connectivity index (χ3n) is 4.25. The van der Waals surface area contributed by atoms with Crippen molar-refractivity contribution in [1.29, 1.82) is 0 Å². The van der Waals surface area contributed by atoms with E-state index in [9.17, 15) is 18.8 Å². The monoisotopic (exact) mass is 426 g/mol. The highest BCUT2D eigenvalue weighted by atomic mass is 32.2. The fraction of sp³-hybridized carbons (Fsp3) is 0.190. The zero-order valence-electron chi connectivity index (χ0n) is 16.3. The number of thioether (sulfide) groups is 1. The molecule has 9 heteroatoms. The maximum absolute atomic E-state index is 13.0. The molecular weight excluding hydrogens is 407 g/mol. The number of ketones is 1. The van der Waals surface area contributed by atoms with Gasteiger partial charge in [-0.15, -0.1) is 5.10 Å². The number of rotatable bonds is 6. The molecule has 0 unspecified atom stereocenters. The fourth-order valence-electron chi connectivity index (χ4n) is 2.65. The van der Waals surface area contributed by atoms with E-state index in [1.807, 2.05) is 0 Å². The molecule has 1 aliphatic heterocycles. The molecule has 0 saturated carbocycles. The van der Waals surface area contributed by atoms with Crippen molar-refractivity contribution in [1.82, 2.24) is 5.32 Å². The highest BCUT2D eigenvalue weighted by Crippen LogP contribution is 2.23. The van der Waals surface area contributed by atoms with Crippen LogP contribution in [0, 0.1) is 5.82 Å². The van der Waals surface area contributed by atoms with E-state index in [1.54, 1.807) is 43.3 Å². The number of benzene rings is 2. The molecule has 2 N–H and O–H groups in total. The molecule has 2 aromatic carbocycles. The van der Waals surface area contributed by atoms with Crippen LogP contribution in [0.2, 0.25) is 0 Å². The summed E-state index contributed by atoms with van der Waals surface area (Å²) in [5.74, 6) is -1.13. The summed E-state index contributed by atoms with van der Waals surface area (Å²) < 4.78 is 13.0. The molecule has 1 heterocycles. The number of nitrogens with zero attached hydrogens (tertiary/aromatic N) is 2. The number of nitrogens with one attached hydrogen (secondary N) is 2. The van der Waals surface area contributed by atoms with Gasteiger partial charge >= 0.3 is 0 Å². The summed E-state index contributed by atoms with van der Waals surface area (Å²) in [7, 11) is 0. The Labute approximate surface area is 176 Å². The summed E-state index contributed by atoms with van der Waals surface area (Å²) in [6.07, 6.45) is -0.0551. The lowest BCUT2D eigenvalue weighted by Gasteiger charge is -2.08. The van der Waals surface area contributed by atoms with Crippen LogP contribution >= 0.6 is 11.8 Å². The first-order chi connectivity index (χ1) is 14.3. The Balaban J connectivity index is 1.60. The summed E-state index contributed by atoms with van der Waals surface area (Å²) in [5, 5.41) is 13.0. The Morgan fingerprint density at radius 1 is 1.13 bits per heavy atom. The quantitative estimate of drug-likeness (QED) is 0.420. The van der Waals surface area contributed by atoms with Crippen molar-refractivity contribution < 1.29 is 18.8 Å². The van der Waals surface area contributed by atoms with Crippen LogP contribution in [0.1, 0.15) is 36.2 Å². The van der Waals surface area contributed by atoms with E-state index in [0.717, 1.165) is 11.8 Å². The number of halogens is 1. The van der Waals surface area contributed by atoms with Crippen molar-refractivity contribution in [3.63, 3.8) is 0 Å². The van der Waals surface area contributed by atoms with Crippen LogP contribution in [0.25, 0.3) is 0 Å². The Kier molecular flexibility index (Phi) is 6.73. The van der Waals surface area contributed by atoms with Gasteiger partial charge < -0.3 is 10.6 Å².